The first-order valence-electron chi connectivity index (χ1n) is 8.78. The Kier molecular flexibility index (Phi) is 5.09. The molecule has 0 fully saturated rings. The number of sulfone groups is 1. The van der Waals surface area contributed by atoms with Crippen molar-refractivity contribution in [1.29, 1.82) is 0 Å². The molecule has 0 N–H and O–H groups in total. The summed E-state index contributed by atoms with van der Waals surface area (Å²) in [6, 6.07) is 17.5. The number of benzene rings is 1. The molecule has 0 aliphatic rings. The number of amides is 1. The second kappa shape index (κ2) is 7.84. The predicted molar refractivity (Wildman–Crippen MR) is 102 cm³/mol. The lowest BCUT2D eigenvalue weighted by Crippen LogP contribution is -2.29. The normalized spacial score (nSPS) is 11.4. The highest BCUT2D eigenvalue weighted by Crippen LogP contribution is 2.24. The maximum absolute atomic E-state index is 13.0. The molecule has 0 spiro atoms. The van der Waals surface area contributed by atoms with Crippen LogP contribution in [0.3, 0.4) is 0 Å². The minimum absolute atomic E-state index is 0.0855. The molecule has 3 heterocycles. The molecule has 0 aliphatic heterocycles. The lowest BCUT2D eigenvalue weighted by Gasteiger charge is -2.19. The van der Waals surface area contributed by atoms with Crippen molar-refractivity contribution < 1.29 is 26.5 Å². The smallest absolute Gasteiger partial charge is 0.290 e. The van der Waals surface area contributed by atoms with E-state index in [0.717, 1.165) is 0 Å². The van der Waals surface area contributed by atoms with Crippen LogP contribution in [0.2, 0.25) is 0 Å². The molecule has 4 aromatic rings. The number of rotatable bonds is 7. The molecule has 0 unspecified atom stereocenters. The van der Waals surface area contributed by atoms with E-state index in [2.05, 4.69) is 0 Å². The molecule has 4 rings (SSSR count). The first kappa shape index (κ1) is 18.8. The van der Waals surface area contributed by atoms with Gasteiger partial charge in [-0.2, -0.15) is 0 Å². The zero-order chi connectivity index (χ0) is 20.3. The van der Waals surface area contributed by atoms with Crippen LogP contribution in [-0.4, -0.2) is 19.2 Å². The summed E-state index contributed by atoms with van der Waals surface area (Å²) < 4.78 is 41.5. The molecule has 3 aromatic heterocycles. The van der Waals surface area contributed by atoms with Crippen LogP contribution in [0, 0.1) is 0 Å². The summed E-state index contributed by atoms with van der Waals surface area (Å²) in [6.45, 7) is 0.349. The molecule has 1 amide bonds. The van der Waals surface area contributed by atoms with Gasteiger partial charge in [0.1, 0.15) is 11.5 Å². The van der Waals surface area contributed by atoms with Crippen molar-refractivity contribution in [2.75, 3.05) is 0 Å². The Bertz CT molecular complexity index is 1140. The van der Waals surface area contributed by atoms with Crippen LogP contribution in [0.15, 0.2) is 102 Å². The van der Waals surface area contributed by atoms with Crippen LogP contribution < -0.4 is 0 Å². The van der Waals surface area contributed by atoms with Gasteiger partial charge < -0.3 is 18.2 Å². The van der Waals surface area contributed by atoms with Crippen molar-refractivity contribution in [3.8, 4) is 0 Å². The van der Waals surface area contributed by atoms with Crippen LogP contribution in [0.1, 0.15) is 22.1 Å². The molecule has 148 valence electrons. The minimum Gasteiger partial charge on any atom is -0.467 e. The maximum atomic E-state index is 13.0. The predicted octanol–water partition coefficient (Wildman–Crippen LogP) is 4.14. The third-order valence-electron chi connectivity index (χ3n) is 4.25. The van der Waals surface area contributed by atoms with Crippen molar-refractivity contribution in [2.45, 2.75) is 23.1 Å². The zero-order valence-corrected chi connectivity index (χ0v) is 16.0. The minimum atomic E-state index is -3.85. The van der Waals surface area contributed by atoms with Crippen LogP contribution in [-0.2, 0) is 22.9 Å². The molecule has 0 radical (unpaired) electrons. The maximum Gasteiger partial charge on any atom is 0.290 e. The van der Waals surface area contributed by atoms with E-state index in [-0.39, 0.29) is 28.8 Å². The van der Waals surface area contributed by atoms with Gasteiger partial charge in [0.05, 0.1) is 30.5 Å². The number of nitrogens with zero attached hydrogens (tertiary/aromatic N) is 1. The lowest BCUT2D eigenvalue weighted by atomic mass is 10.3. The van der Waals surface area contributed by atoms with E-state index in [1.54, 1.807) is 42.5 Å². The van der Waals surface area contributed by atoms with E-state index in [1.165, 1.54) is 41.7 Å². The number of hydrogen-bond acceptors (Lipinski definition) is 6. The molecular formula is C21H17NO6S. The second-order valence-electron chi connectivity index (χ2n) is 6.26. The molecule has 7 nitrogen and oxygen atoms in total. The van der Waals surface area contributed by atoms with Gasteiger partial charge in [0.2, 0.25) is 14.9 Å². The highest BCUT2D eigenvalue weighted by molar-refractivity contribution is 7.91. The molecule has 29 heavy (non-hydrogen) atoms. The van der Waals surface area contributed by atoms with Crippen LogP contribution in [0.25, 0.3) is 0 Å². The summed E-state index contributed by atoms with van der Waals surface area (Å²) in [5.41, 5.74) is 0. The molecule has 0 saturated carbocycles. The summed E-state index contributed by atoms with van der Waals surface area (Å²) >= 11 is 0. The Balaban J connectivity index is 1.61. The van der Waals surface area contributed by atoms with Gasteiger partial charge in [-0.3, -0.25) is 4.79 Å². The summed E-state index contributed by atoms with van der Waals surface area (Å²) in [7, 11) is -3.85. The van der Waals surface area contributed by atoms with Gasteiger partial charge in [-0.25, -0.2) is 8.42 Å². The standard InChI is InChI=1S/C21H17NO6S/c23-21(22(14-16-6-4-12-26-16)15-17-7-5-13-27-17)19-10-11-20(28-19)29(24,25)18-8-2-1-3-9-18/h1-13H,14-15H2. The van der Waals surface area contributed by atoms with E-state index in [0.29, 0.717) is 11.5 Å². The Morgan fingerprint density at radius 2 is 1.41 bits per heavy atom. The summed E-state index contributed by atoms with van der Waals surface area (Å²) in [5.74, 6) is 0.590. The topological polar surface area (TPSA) is 93.9 Å². The second-order valence-corrected chi connectivity index (χ2v) is 8.14. The summed E-state index contributed by atoms with van der Waals surface area (Å²) in [6.07, 6.45) is 3.03. The molecule has 0 saturated heterocycles. The van der Waals surface area contributed by atoms with Crippen LogP contribution >= 0.6 is 0 Å². The SMILES string of the molecule is O=C(c1ccc(S(=O)(=O)c2ccccc2)o1)N(Cc1ccco1)Cc1ccco1. The first-order chi connectivity index (χ1) is 14.0. The van der Waals surface area contributed by atoms with Crippen molar-refractivity contribution in [3.63, 3.8) is 0 Å². The molecule has 0 bridgehead atoms. The van der Waals surface area contributed by atoms with Gasteiger partial charge in [-0.15, -0.1) is 0 Å². The van der Waals surface area contributed by atoms with Gasteiger partial charge in [-0.1, -0.05) is 18.2 Å². The monoisotopic (exact) mass is 411 g/mol. The molecule has 0 atom stereocenters. The van der Waals surface area contributed by atoms with Crippen molar-refractivity contribution in [1.82, 2.24) is 4.90 Å². The highest BCUT2D eigenvalue weighted by atomic mass is 32.2. The molecule has 0 aliphatic carbocycles. The molecular weight excluding hydrogens is 394 g/mol. The van der Waals surface area contributed by atoms with E-state index in [9.17, 15) is 13.2 Å². The lowest BCUT2D eigenvalue weighted by molar-refractivity contribution is 0.0666. The average Bonchev–Trinajstić information content (AvgIpc) is 3.50. The fourth-order valence-corrected chi connectivity index (χ4v) is 4.03. The Labute approximate surface area is 167 Å². The molecule has 8 heteroatoms. The van der Waals surface area contributed by atoms with Gasteiger partial charge in [0, 0.05) is 0 Å². The van der Waals surface area contributed by atoms with Crippen molar-refractivity contribution >= 4 is 15.7 Å². The van der Waals surface area contributed by atoms with Gasteiger partial charge in [0.25, 0.3) is 5.91 Å². The fourth-order valence-electron chi connectivity index (χ4n) is 2.83. The zero-order valence-electron chi connectivity index (χ0n) is 15.2. The average molecular weight is 411 g/mol. The Morgan fingerprint density at radius 3 is 1.97 bits per heavy atom. The van der Waals surface area contributed by atoms with Crippen molar-refractivity contribution in [2.24, 2.45) is 0 Å². The van der Waals surface area contributed by atoms with Gasteiger partial charge in [-0.05, 0) is 48.5 Å². The number of furan rings is 3. The number of carbonyl (C=O) groups is 1. The quantitative estimate of drug-likeness (QED) is 0.454. The third kappa shape index (κ3) is 4.02. The van der Waals surface area contributed by atoms with E-state index in [1.807, 2.05) is 0 Å². The highest BCUT2D eigenvalue weighted by Gasteiger charge is 2.26. The summed E-state index contributed by atoms with van der Waals surface area (Å²) in [4.78, 5) is 14.6. The van der Waals surface area contributed by atoms with Crippen LogP contribution in [0.5, 0.6) is 0 Å². The van der Waals surface area contributed by atoms with Gasteiger partial charge in [0.15, 0.2) is 5.76 Å². The summed E-state index contributed by atoms with van der Waals surface area (Å²) in [5, 5.41) is -0.289. The Hall–Kier alpha value is -3.52. The largest absolute Gasteiger partial charge is 0.467 e. The molecule has 1 aromatic carbocycles. The first-order valence-corrected chi connectivity index (χ1v) is 10.3. The van der Waals surface area contributed by atoms with Crippen molar-refractivity contribution in [3.05, 3.63) is 96.5 Å². The van der Waals surface area contributed by atoms with Crippen LogP contribution in [0.4, 0.5) is 0 Å². The third-order valence-corrected chi connectivity index (χ3v) is 5.89. The van der Waals surface area contributed by atoms with E-state index >= 15 is 0 Å². The fraction of sp³-hybridized carbons (Fsp3) is 0.0952. The number of carbonyl (C=O) groups excluding carboxylic acids is 1. The number of hydrogen-bond donors (Lipinski definition) is 0. The van der Waals surface area contributed by atoms with E-state index < -0.39 is 15.7 Å². The van der Waals surface area contributed by atoms with E-state index in [4.69, 9.17) is 13.3 Å². The van der Waals surface area contributed by atoms with Gasteiger partial charge >= 0.3 is 0 Å². The Morgan fingerprint density at radius 1 is 0.793 bits per heavy atom.